The Morgan fingerprint density at radius 3 is 2.80 bits per heavy atom. The minimum atomic E-state index is -0.306. The van der Waals surface area contributed by atoms with Crippen LogP contribution in [0.4, 0.5) is 0 Å². The second-order valence-electron chi connectivity index (χ2n) is 7.35. The first kappa shape index (κ1) is 15.0. The molecule has 3 aromatic heterocycles. The molecular weight excluding hydrogens is 316 g/mol. The Kier molecular flexibility index (Phi) is 3.57. The molecule has 1 aliphatic heterocycles. The fourth-order valence-corrected chi connectivity index (χ4v) is 4.64. The average molecular weight is 338 g/mol. The van der Waals surface area contributed by atoms with E-state index in [-0.39, 0.29) is 12.1 Å². The number of rotatable bonds is 3. The molecule has 1 saturated heterocycles. The summed E-state index contributed by atoms with van der Waals surface area (Å²) in [5.74, 6) is 1.18. The first-order chi connectivity index (χ1) is 12.3. The molecule has 1 saturated carbocycles. The van der Waals surface area contributed by atoms with Crippen LogP contribution in [0.1, 0.15) is 24.6 Å². The third-order valence-corrected chi connectivity index (χ3v) is 5.82. The Morgan fingerprint density at radius 2 is 1.96 bits per heavy atom. The number of hydrogen-bond acceptors (Lipinski definition) is 5. The van der Waals surface area contributed by atoms with E-state index in [1.54, 1.807) is 12.5 Å². The number of hydrogen-bond donors (Lipinski definition) is 1. The van der Waals surface area contributed by atoms with E-state index in [0.29, 0.717) is 11.8 Å². The molecular formula is C18H22N6O. The van der Waals surface area contributed by atoms with Crippen LogP contribution in [0.15, 0.2) is 43.0 Å². The molecule has 0 spiro atoms. The number of fused-ring (bicyclic) bond motifs is 2. The molecule has 0 unspecified atom stereocenters. The van der Waals surface area contributed by atoms with Gasteiger partial charge in [0.15, 0.2) is 5.65 Å². The Bertz CT molecular complexity index is 859. The molecule has 0 radical (unpaired) electrons. The van der Waals surface area contributed by atoms with Gasteiger partial charge >= 0.3 is 0 Å². The minimum absolute atomic E-state index is 0.106. The zero-order valence-corrected chi connectivity index (χ0v) is 14.0. The predicted octanol–water partition coefficient (Wildman–Crippen LogP) is 1.37. The summed E-state index contributed by atoms with van der Waals surface area (Å²) in [6.45, 7) is 2.98. The van der Waals surface area contributed by atoms with Crippen molar-refractivity contribution in [2.45, 2.75) is 31.5 Å². The molecule has 5 rings (SSSR count). The summed E-state index contributed by atoms with van der Waals surface area (Å²) in [7, 11) is 0. The van der Waals surface area contributed by atoms with Crippen LogP contribution in [-0.2, 0) is 6.54 Å². The molecule has 4 heterocycles. The van der Waals surface area contributed by atoms with Crippen molar-refractivity contribution in [1.82, 2.24) is 29.3 Å². The van der Waals surface area contributed by atoms with Crippen LogP contribution in [0.5, 0.6) is 0 Å². The Labute approximate surface area is 145 Å². The zero-order valence-electron chi connectivity index (χ0n) is 14.0. The smallest absolute Gasteiger partial charge is 0.155 e. The van der Waals surface area contributed by atoms with Gasteiger partial charge in [0, 0.05) is 32.0 Å². The fraction of sp³-hybridized carbons (Fsp3) is 0.500. The molecule has 130 valence electrons. The molecule has 2 aliphatic rings. The lowest BCUT2D eigenvalue weighted by molar-refractivity contribution is 0.0306. The number of likely N-dealkylation sites (tertiary alicyclic amines) is 1. The molecule has 25 heavy (non-hydrogen) atoms. The first-order valence-electron chi connectivity index (χ1n) is 8.95. The van der Waals surface area contributed by atoms with Crippen LogP contribution in [0.2, 0.25) is 0 Å². The van der Waals surface area contributed by atoms with Gasteiger partial charge in [0.25, 0.3) is 0 Å². The van der Waals surface area contributed by atoms with Crippen molar-refractivity contribution in [3.05, 3.63) is 48.7 Å². The highest BCUT2D eigenvalue weighted by Crippen LogP contribution is 2.41. The van der Waals surface area contributed by atoms with Gasteiger partial charge in [-0.3, -0.25) is 9.58 Å². The van der Waals surface area contributed by atoms with Gasteiger partial charge < -0.3 is 5.11 Å². The van der Waals surface area contributed by atoms with E-state index in [9.17, 15) is 5.11 Å². The molecule has 4 atom stereocenters. The van der Waals surface area contributed by atoms with E-state index in [1.165, 1.54) is 0 Å². The Hall–Kier alpha value is -2.25. The highest BCUT2D eigenvalue weighted by molar-refractivity contribution is 5.37. The zero-order chi connectivity index (χ0) is 16.8. The number of pyridine rings is 1. The molecule has 0 amide bonds. The van der Waals surface area contributed by atoms with E-state index >= 15 is 0 Å². The maximum absolute atomic E-state index is 10.6. The number of aliphatic hydroxyl groups excluding tert-OH is 1. The van der Waals surface area contributed by atoms with Crippen LogP contribution >= 0.6 is 0 Å². The van der Waals surface area contributed by atoms with Crippen molar-refractivity contribution in [3.8, 4) is 0 Å². The van der Waals surface area contributed by atoms with Gasteiger partial charge in [-0.05, 0) is 42.9 Å². The Morgan fingerprint density at radius 1 is 1.08 bits per heavy atom. The van der Waals surface area contributed by atoms with Crippen molar-refractivity contribution in [2.24, 2.45) is 11.8 Å². The largest absolute Gasteiger partial charge is 0.391 e. The summed E-state index contributed by atoms with van der Waals surface area (Å²) < 4.78 is 3.85. The summed E-state index contributed by atoms with van der Waals surface area (Å²) in [5, 5.41) is 19.3. The third-order valence-electron chi connectivity index (χ3n) is 5.82. The van der Waals surface area contributed by atoms with Gasteiger partial charge in [0.05, 0.1) is 17.8 Å². The van der Waals surface area contributed by atoms with Gasteiger partial charge in [-0.15, -0.1) is 0 Å². The number of aliphatic hydroxyl groups is 1. The quantitative estimate of drug-likeness (QED) is 0.781. The van der Waals surface area contributed by atoms with Crippen molar-refractivity contribution < 1.29 is 5.11 Å². The molecule has 0 aromatic carbocycles. The van der Waals surface area contributed by atoms with Gasteiger partial charge in [-0.1, -0.05) is 6.07 Å². The van der Waals surface area contributed by atoms with E-state index < -0.39 is 0 Å². The van der Waals surface area contributed by atoms with Crippen LogP contribution in [0, 0.1) is 11.8 Å². The third kappa shape index (κ3) is 2.63. The monoisotopic (exact) mass is 338 g/mol. The van der Waals surface area contributed by atoms with Crippen molar-refractivity contribution >= 4 is 5.65 Å². The van der Waals surface area contributed by atoms with Gasteiger partial charge in [0.2, 0.25) is 0 Å². The average Bonchev–Trinajstić information content (AvgIpc) is 3.34. The lowest BCUT2D eigenvalue weighted by atomic mass is 9.77. The maximum Gasteiger partial charge on any atom is 0.155 e. The topological polar surface area (TPSA) is 71.5 Å². The van der Waals surface area contributed by atoms with Crippen molar-refractivity contribution in [2.75, 3.05) is 13.1 Å². The lowest BCUT2D eigenvalue weighted by Crippen LogP contribution is -2.36. The minimum Gasteiger partial charge on any atom is -0.391 e. The summed E-state index contributed by atoms with van der Waals surface area (Å²) in [5.41, 5.74) is 2.06. The Balaban J connectivity index is 1.32. The highest BCUT2D eigenvalue weighted by Gasteiger charge is 2.42. The molecule has 3 aromatic rings. The van der Waals surface area contributed by atoms with E-state index in [2.05, 4.69) is 26.1 Å². The SMILES string of the molecule is O[C@@H]1C[C@H]2CN(Cc3cccc4ncnn34)C[C@H]2C[C@H]1n1cccn1. The highest BCUT2D eigenvalue weighted by atomic mass is 16.3. The van der Waals surface area contributed by atoms with Gasteiger partial charge in [0.1, 0.15) is 6.33 Å². The lowest BCUT2D eigenvalue weighted by Gasteiger charge is -2.35. The van der Waals surface area contributed by atoms with Crippen molar-refractivity contribution in [1.29, 1.82) is 0 Å². The van der Waals surface area contributed by atoms with Crippen molar-refractivity contribution in [3.63, 3.8) is 0 Å². The van der Waals surface area contributed by atoms with Gasteiger partial charge in [-0.2, -0.15) is 10.2 Å². The van der Waals surface area contributed by atoms with Crippen LogP contribution in [0.25, 0.3) is 5.65 Å². The van der Waals surface area contributed by atoms with Crippen LogP contribution < -0.4 is 0 Å². The fourth-order valence-electron chi connectivity index (χ4n) is 4.64. The van der Waals surface area contributed by atoms with Gasteiger partial charge in [-0.25, -0.2) is 9.50 Å². The molecule has 1 N–H and O–H groups in total. The summed E-state index contributed by atoms with van der Waals surface area (Å²) in [6.07, 6.45) is 6.91. The summed E-state index contributed by atoms with van der Waals surface area (Å²) in [6, 6.07) is 8.17. The molecule has 0 bridgehead atoms. The second kappa shape index (κ2) is 5.93. The first-order valence-corrected chi connectivity index (χ1v) is 8.95. The molecule has 7 heteroatoms. The predicted molar refractivity (Wildman–Crippen MR) is 91.7 cm³/mol. The van der Waals surface area contributed by atoms with E-state index in [1.807, 2.05) is 33.6 Å². The molecule has 7 nitrogen and oxygen atoms in total. The second-order valence-corrected chi connectivity index (χ2v) is 7.35. The van der Waals surface area contributed by atoms with Crippen LogP contribution in [-0.4, -0.2) is 53.6 Å². The molecule has 2 fully saturated rings. The summed E-state index contributed by atoms with van der Waals surface area (Å²) >= 11 is 0. The van der Waals surface area contributed by atoms with E-state index in [4.69, 9.17) is 0 Å². The normalized spacial score (nSPS) is 30.0. The molecule has 1 aliphatic carbocycles. The standard InChI is InChI=1S/C18H22N6O/c25-17-8-14-10-22(9-13(14)7-16(17)23-6-2-5-20-23)11-15-3-1-4-18-19-12-21-24(15)18/h1-6,12-14,16-17,25H,7-11H2/t13-,14+,16-,17-/m1/s1. The maximum atomic E-state index is 10.6. The summed E-state index contributed by atoms with van der Waals surface area (Å²) in [4.78, 5) is 6.76. The van der Waals surface area contributed by atoms with Crippen LogP contribution in [0.3, 0.4) is 0 Å². The van der Waals surface area contributed by atoms with E-state index in [0.717, 1.165) is 43.8 Å². The number of aromatic nitrogens is 5. The number of nitrogens with zero attached hydrogens (tertiary/aromatic N) is 6.